The van der Waals surface area contributed by atoms with Crippen molar-refractivity contribution >= 4 is 28.8 Å². The first-order valence-electron chi connectivity index (χ1n) is 10.8. The molecular formula is C25H20N4O7. The van der Waals surface area contributed by atoms with E-state index in [1.54, 1.807) is 55.5 Å². The number of para-hydroxylation sites is 1. The van der Waals surface area contributed by atoms with Crippen LogP contribution in [0.2, 0.25) is 0 Å². The molecule has 1 heterocycles. The summed E-state index contributed by atoms with van der Waals surface area (Å²) >= 11 is 0. The fourth-order valence-corrected chi connectivity index (χ4v) is 3.49. The standard InChI is InChI=1S/C25H20N4O7/c1-2-35-21-13-16(12-20(29(33)34)23(21)36-15-22(30)31)14-26-28-24(17-8-4-3-5-9-17)27-19-11-7-6-10-18(19)25(28)32/h3-14H,2,15H2,1H3,(H,30,31). The summed E-state index contributed by atoms with van der Waals surface area (Å²) in [6.45, 7) is 1.03. The second kappa shape index (κ2) is 10.5. The van der Waals surface area contributed by atoms with Gasteiger partial charge in [-0.15, -0.1) is 0 Å². The Kier molecular flexibility index (Phi) is 7.00. The fourth-order valence-electron chi connectivity index (χ4n) is 3.49. The minimum Gasteiger partial charge on any atom is -0.490 e. The number of benzene rings is 3. The molecule has 0 saturated carbocycles. The van der Waals surface area contributed by atoms with Crippen LogP contribution in [0.5, 0.6) is 11.5 Å². The number of fused-ring (bicyclic) bond motifs is 1. The van der Waals surface area contributed by atoms with Gasteiger partial charge in [0, 0.05) is 17.2 Å². The molecule has 0 unspecified atom stereocenters. The molecule has 182 valence electrons. The van der Waals surface area contributed by atoms with Gasteiger partial charge in [-0.1, -0.05) is 42.5 Å². The van der Waals surface area contributed by atoms with Crippen molar-refractivity contribution in [2.75, 3.05) is 13.2 Å². The van der Waals surface area contributed by atoms with Gasteiger partial charge in [0.15, 0.2) is 18.2 Å². The lowest BCUT2D eigenvalue weighted by atomic mass is 10.1. The average Bonchev–Trinajstić information content (AvgIpc) is 2.87. The topological polar surface area (TPSA) is 146 Å². The van der Waals surface area contributed by atoms with Gasteiger partial charge < -0.3 is 14.6 Å². The highest BCUT2D eigenvalue weighted by Gasteiger charge is 2.23. The van der Waals surface area contributed by atoms with E-state index in [2.05, 4.69) is 10.1 Å². The van der Waals surface area contributed by atoms with E-state index in [4.69, 9.17) is 14.6 Å². The van der Waals surface area contributed by atoms with Gasteiger partial charge in [-0.05, 0) is 25.1 Å². The highest BCUT2D eigenvalue weighted by Crippen LogP contribution is 2.38. The maximum atomic E-state index is 13.3. The van der Waals surface area contributed by atoms with Crippen molar-refractivity contribution in [2.24, 2.45) is 5.10 Å². The van der Waals surface area contributed by atoms with Crippen molar-refractivity contribution < 1.29 is 24.3 Å². The minimum atomic E-state index is -1.30. The van der Waals surface area contributed by atoms with Crippen LogP contribution in [0.4, 0.5) is 5.69 Å². The quantitative estimate of drug-likeness (QED) is 0.213. The van der Waals surface area contributed by atoms with E-state index in [-0.39, 0.29) is 29.5 Å². The van der Waals surface area contributed by atoms with Crippen LogP contribution in [0, 0.1) is 10.1 Å². The zero-order chi connectivity index (χ0) is 25.7. The minimum absolute atomic E-state index is 0.0262. The van der Waals surface area contributed by atoms with Gasteiger partial charge >= 0.3 is 11.7 Å². The first-order valence-corrected chi connectivity index (χ1v) is 10.8. The van der Waals surface area contributed by atoms with Crippen molar-refractivity contribution in [3.63, 3.8) is 0 Å². The molecule has 0 radical (unpaired) electrons. The van der Waals surface area contributed by atoms with Crippen LogP contribution >= 0.6 is 0 Å². The molecule has 1 N–H and O–H groups in total. The number of carboxylic acids is 1. The van der Waals surface area contributed by atoms with E-state index in [1.165, 1.54) is 12.3 Å². The number of nitrogens with zero attached hydrogens (tertiary/aromatic N) is 4. The predicted octanol–water partition coefficient (Wildman–Crippen LogP) is 3.72. The molecule has 0 fully saturated rings. The smallest absolute Gasteiger partial charge is 0.341 e. The Labute approximate surface area is 204 Å². The Bertz CT molecular complexity index is 1530. The molecule has 4 rings (SSSR count). The zero-order valence-electron chi connectivity index (χ0n) is 19.0. The Morgan fingerprint density at radius 2 is 1.86 bits per heavy atom. The van der Waals surface area contributed by atoms with Crippen LogP contribution in [-0.2, 0) is 4.79 Å². The molecular weight excluding hydrogens is 468 g/mol. The van der Waals surface area contributed by atoms with Gasteiger partial charge in [0.25, 0.3) is 5.56 Å². The molecule has 0 saturated heterocycles. The first kappa shape index (κ1) is 24.1. The molecule has 11 heteroatoms. The van der Waals surface area contributed by atoms with Crippen molar-refractivity contribution in [3.05, 3.63) is 92.8 Å². The fraction of sp³-hybridized carbons (Fsp3) is 0.120. The normalized spacial score (nSPS) is 11.0. The van der Waals surface area contributed by atoms with Crippen molar-refractivity contribution in [1.82, 2.24) is 9.66 Å². The summed E-state index contributed by atoms with van der Waals surface area (Å²) in [4.78, 5) is 39.8. The Hall–Kier alpha value is -5.06. The van der Waals surface area contributed by atoms with Gasteiger partial charge in [-0.3, -0.25) is 14.9 Å². The molecule has 11 nitrogen and oxygen atoms in total. The van der Waals surface area contributed by atoms with Gasteiger partial charge in [0.05, 0.1) is 28.6 Å². The maximum Gasteiger partial charge on any atom is 0.341 e. The number of aromatic nitrogens is 2. The number of nitro benzene ring substituents is 1. The van der Waals surface area contributed by atoms with Crippen LogP contribution in [0.25, 0.3) is 22.3 Å². The Morgan fingerprint density at radius 3 is 2.56 bits per heavy atom. The van der Waals surface area contributed by atoms with Gasteiger partial charge in [-0.25, -0.2) is 9.78 Å². The lowest BCUT2D eigenvalue weighted by molar-refractivity contribution is -0.385. The van der Waals surface area contributed by atoms with Crippen LogP contribution in [0.15, 0.2) is 76.6 Å². The molecule has 4 aromatic rings. The molecule has 0 bridgehead atoms. The molecule has 0 amide bonds. The summed E-state index contributed by atoms with van der Waals surface area (Å²) in [5, 5.41) is 25.3. The Balaban J connectivity index is 1.87. The number of carboxylic acid groups (broad SMARTS) is 1. The summed E-state index contributed by atoms with van der Waals surface area (Å²) in [5.41, 5.74) is 0.456. The van der Waals surface area contributed by atoms with Crippen LogP contribution in [0.3, 0.4) is 0 Å². The maximum absolute atomic E-state index is 13.3. The molecule has 0 aliphatic heterocycles. The average molecular weight is 488 g/mol. The summed E-state index contributed by atoms with van der Waals surface area (Å²) in [7, 11) is 0. The lowest BCUT2D eigenvalue weighted by Gasteiger charge is -2.12. The molecule has 0 aliphatic rings. The van der Waals surface area contributed by atoms with E-state index >= 15 is 0 Å². The third kappa shape index (κ3) is 5.04. The number of hydrogen-bond acceptors (Lipinski definition) is 8. The van der Waals surface area contributed by atoms with E-state index in [9.17, 15) is 19.7 Å². The van der Waals surface area contributed by atoms with Gasteiger partial charge in [0.2, 0.25) is 5.75 Å². The van der Waals surface area contributed by atoms with Crippen LogP contribution < -0.4 is 15.0 Å². The number of hydrogen-bond donors (Lipinski definition) is 1. The molecule has 0 atom stereocenters. The Morgan fingerprint density at radius 1 is 1.14 bits per heavy atom. The molecule has 3 aromatic carbocycles. The first-order chi connectivity index (χ1) is 17.4. The van der Waals surface area contributed by atoms with E-state index < -0.39 is 28.7 Å². The SMILES string of the molecule is CCOc1cc(C=Nn2c(-c3ccccc3)nc3ccccc3c2=O)cc([N+](=O)[O-])c1OCC(=O)O. The number of nitro groups is 1. The van der Waals surface area contributed by atoms with Crippen molar-refractivity contribution in [1.29, 1.82) is 0 Å². The summed E-state index contributed by atoms with van der Waals surface area (Å²) in [6.07, 6.45) is 1.26. The number of aliphatic carboxylic acids is 1. The van der Waals surface area contributed by atoms with Gasteiger partial charge in [0.1, 0.15) is 0 Å². The van der Waals surface area contributed by atoms with Crippen LogP contribution in [-0.4, -0.2) is 45.1 Å². The molecule has 36 heavy (non-hydrogen) atoms. The van der Waals surface area contributed by atoms with Gasteiger partial charge in [-0.2, -0.15) is 9.78 Å². The number of rotatable bonds is 9. The number of carbonyl (C=O) groups is 1. The molecule has 0 spiro atoms. The van der Waals surface area contributed by atoms with E-state index in [0.717, 1.165) is 10.7 Å². The summed E-state index contributed by atoms with van der Waals surface area (Å²) in [5.74, 6) is -1.34. The highest BCUT2D eigenvalue weighted by atomic mass is 16.6. The predicted molar refractivity (Wildman–Crippen MR) is 132 cm³/mol. The molecule has 1 aromatic heterocycles. The monoisotopic (exact) mass is 488 g/mol. The van der Waals surface area contributed by atoms with E-state index in [0.29, 0.717) is 16.5 Å². The second-order valence-electron chi connectivity index (χ2n) is 7.42. The largest absolute Gasteiger partial charge is 0.490 e. The lowest BCUT2D eigenvalue weighted by Crippen LogP contribution is -2.20. The highest BCUT2D eigenvalue weighted by molar-refractivity contribution is 5.84. The molecule has 0 aliphatic carbocycles. The van der Waals surface area contributed by atoms with E-state index in [1.807, 2.05) is 6.07 Å². The third-order valence-corrected chi connectivity index (χ3v) is 5.00. The third-order valence-electron chi connectivity index (χ3n) is 5.00. The summed E-state index contributed by atoms with van der Waals surface area (Å²) in [6, 6.07) is 18.4. The van der Waals surface area contributed by atoms with Crippen molar-refractivity contribution in [2.45, 2.75) is 6.92 Å². The van der Waals surface area contributed by atoms with Crippen LogP contribution in [0.1, 0.15) is 12.5 Å². The number of ether oxygens (including phenoxy) is 2. The zero-order valence-corrected chi connectivity index (χ0v) is 19.0. The summed E-state index contributed by atoms with van der Waals surface area (Å²) < 4.78 is 11.7. The van der Waals surface area contributed by atoms with Crippen molar-refractivity contribution in [3.8, 4) is 22.9 Å². The second-order valence-corrected chi connectivity index (χ2v) is 7.42.